The minimum Gasteiger partial charge on any atom is -0.271 e. The van der Waals surface area contributed by atoms with Crippen molar-refractivity contribution in [3.8, 4) is 0 Å². The van der Waals surface area contributed by atoms with Gasteiger partial charge in [-0.1, -0.05) is 38.5 Å². The molecule has 1 saturated carbocycles. The van der Waals surface area contributed by atoms with Gasteiger partial charge >= 0.3 is 0 Å². The van der Waals surface area contributed by atoms with Crippen LogP contribution in [0.15, 0.2) is 6.07 Å². The van der Waals surface area contributed by atoms with E-state index in [0.29, 0.717) is 6.04 Å². The van der Waals surface area contributed by atoms with Gasteiger partial charge in [-0.05, 0) is 32.3 Å². The maximum Gasteiger partial charge on any atom is 0.0596 e. The van der Waals surface area contributed by atoms with Gasteiger partial charge in [0.2, 0.25) is 0 Å². The molecule has 1 fully saturated rings. The van der Waals surface area contributed by atoms with Crippen molar-refractivity contribution < 1.29 is 0 Å². The van der Waals surface area contributed by atoms with Gasteiger partial charge < -0.3 is 0 Å². The first kappa shape index (κ1) is 15.5. The van der Waals surface area contributed by atoms with Crippen LogP contribution in [0, 0.1) is 12.8 Å². The zero-order valence-corrected chi connectivity index (χ0v) is 13.1. The molecule has 2 rings (SSSR count). The van der Waals surface area contributed by atoms with Crippen LogP contribution in [0.3, 0.4) is 0 Å². The summed E-state index contributed by atoms with van der Waals surface area (Å²) in [7, 11) is 0. The normalized spacial score (nSPS) is 18.9. The molecule has 1 unspecified atom stereocenters. The predicted molar refractivity (Wildman–Crippen MR) is 83.3 cm³/mol. The molecule has 0 aliphatic heterocycles. The second-order valence-electron chi connectivity index (χ2n) is 6.25. The van der Waals surface area contributed by atoms with Gasteiger partial charge in [0.05, 0.1) is 5.69 Å². The number of nitrogens with zero attached hydrogens (tertiary/aromatic N) is 2. The van der Waals surface area contributed by atoms with Gasteiger partial charge in [0.15, 0.2) is 0 Å². The van der Waals surface area contributed by atoms with Crippen molar-refractivity contribution in [3.05, 3.63) is 17.5 Å². The Hall–Kier alpha value is -0.870. The van der Waals surface area contributed by atoms with E-state index < -0.39 is 0 Å². The molecule has 1 aromatic rings. The molecule has 0 radical (unpaired) electrons. The quantitative estimate of drug-likeness (QED) is 0.478. The highest BCUT2D eigenvalue weighted by molar-refractivity contribution is 5.10. The van der Waals surface area contributed by atoms with Crippen LogP contribution in [0.4, 0.5) is 0 Å². The molecule has 114 valence electrons. The zero-order chi connectivity index (χ0) is 14.4. The van der Waals surface area contributed by atoms with E-state index >= 15 is 0 Å². The molecule has 3 N–H and O–H groups in total. The second-order valence-corrected chi connectivity index (χ2v) is 6.25. The molecule has 1 aliphatic carbocycles. The van der Waals surface area contributed by atoms with Crippen LogP contribution in [-0.2, 0) is 13.0 Å². The maximum absolute atomic E-state index is 5.80. The highest BCUT2D eigenvalue weighted by Gasteiger charge is 2.19. The number of hydrogen-bond donors (Lipinski definition) is 2. The van der Waals surface area contributed by atoms with E-state index in [1.807, 2.05) is 0 Å². The number of rotatable bonds is 6. The van der Waals surface area contributed by atoms with Gasteiger partial charge in [-0.3, -0.25) is 16.0 Å². The smallest absolute Gasteiger partial charge is 0.0596 e. The van der Waals surface area contributed by atoms with Crippen LogP contribution in [0.25, 0.3) is 0 Å². The fourth-order valence-corrected chi connectivity index (χ4v) is 3.50. The van der Waals surface area contributed by atoms with Crippen molar-refractivity contribution in [1.29, 1.82) is 0 Å². The molecule has 1 aliphatic rings. The molecule has 0 bridgehead atoms. The minimum atomic E-state index is 0.375. The first-order valence-corrected chi connectivity index (χ1v) is 8.22. The van der Waals surface area contributed by atoms with Crippen molar-refractivity contribution in [3.63, 3.8) is 0 Å². The topological polar surface area (TPSA) is 55.9 Å². The molecule has 4 heteroatoms. The fourth-order valence-electron chi connectivity index (χ4n) is 3.50. The molecule has 0 saturated heterocycles. The van der Waals surface area contributed by atoms with Gasteiger partial charge in [-0.2, -0.15) is 5.10 Å². The summed E-state index contributed by atoms with van der Waals surface area (Å²) in [6.07, 6.45) is 10.6. The molecule has 1 atom stereocenters. The third-order valence-corrected chi connectivity index (χ3v) is 4.57. The Balaban J connectivity index is 1.93. The highest BCUT2D eigenvalue weighted by atomic mass is 15.3. The lowest BCUT2D eigenvalue weighted by atomic mass is 9.91. The van der Waals surface area contributed by atoms with Crippen molar-refractivity contribution >= 4 is 0 Å². The standard InChI is InChI=1S/C16H30N4/c1-3-20-16(10-13(2)19-20)12-15(18-17)11-14-8-6-4-5-7-9-14/h10,14-15,18H,3-9,11-12,17H2,1-2H3. The minimum absolute atomic E-state index is 0.375. The molecule has 0 amide bonds. The average Bonchev–Trinajstić information content (AvgIpc) is 2.65. The van der Waals surface area contributed by atoms with Gasteiger partial charge in [0, 0.05) is 24.7 Å². The monoisotopic (exact) mass is 278 g/mol. The van der Waals surface area contributed by atoms with Crippen molar-refractivity contribution in [2.45, 2.75) is 77.8 Å². The van der Waals surface area contributed by atoms with E-state index in [1.165, 1.54) is 50.6 Å². The molecule has 1 aromatic heterocycles. The maximum atomic E-state index is 5.80. The van der Waals surface area contributed by atoms with Crippen LogP contribution >= 0.6 is 0 Å². The number of nitrogens with one attached hydrogen (secondary N) is 1. The Morgan fingerprint density at radius 1 is 1.35 bits per heavy atom. The number of aromatic nitrogens is 2. The van der Waals surface area contributed by atoms with Crippen molar-refractivity contribution in [2.24, 2.45) is 11.8 Å². The summed E-state index contributed by atoms with van der Waals surface area (Å²) < 4.78 is 2.10. The zero-order valence-electron chi connectivity index (χ0n) is 13.1. The SMILES string of the molecule is CCn1nc(C)cc1CC(CC1CCCCCC1)NN. The number of nitrogens with two attached hydrogens (primary N) is 1. The Morgan fingerprint density at radius 2 is 2.05 bits per heavy atom. The Morgan fingerprint density at radius 3 is 2.65 bits per heavy atom. The Labute approximate surface area is 123 Å². The lowest BCUT2D eigenvalue weighted by molar-refractivity contribution is 0.348. The Bertz CT molecular complexity index is 391. The lowest BCUT2D eigenvalue weighted by Crippen LogP contribution is -2.38. The van der Waals surface area contributed by atoms with E-state index in [0.717, 1.165) is 24.6 Å². The van der Waals surface area contributed by atoms with E-state index in [9.17, 15) is 0 Å². The first-order valence-electron chi connectivity index (χ1n) is 8.22. The summed E-state index contributed by atoms with van der Waals surface area (Å²) in [6.45, 7) is 5.14. The summed E-state index contributed by atoms with van der Waals surface area (Å²) in [5.41, 5.74) is 5.45. The molecule has 1 heterocycles. The molecular formula is C16H30N4. The van der Waals surface area contributed by atoms with Crippen LogP contribution < -0.4 is 11.3 Å². The molecule has 4 nitrogen and oxygen atoms in total. The van der Waals surface area contributed by atoms with Crippen LogP contribution in [0.2, 0.25) is 0 Å². The summed E-state index contributed by atoms with van der Waals surface area (Å²) >= 11 is 0. The van der Waals surface area contributed by atoms with E-state index in [-0.39, 0.29) is 0 Å². The predicted octanol–water partition coefficient (Wildman–Crippen LogP) is 2.95. The van der Waals surface area contributed by atoms with E-state index in [4.69, 9.17) is 5.84 Å². The molecule has 0 spiro atoms. The van der Waals surface area contributed by atoms with Crippen LogP contribution in [0.5, 0.6) is 0 Å². The van der Waals surface area contributed by atoms with E-state index in [2.05, 4.69) is 35.1 Å². The lowest BCUT2D eigenvalue weighted by Gasteiger charge is -2.22. The third kappa shape index (κ3) is 4.32. The van der Waals surface area contributed by atoms with E-state index in [1.54, 1.807) is 0 Å². The number of hydrogen-bond acceptors (Lipinski definition) is 3. The first-order chi connectivity index (χ1) is 9.72. The largest absolute Gasteiger partial charge is 0.271 e. The molecule has 20 heavy (non-hydrogen) atoms. The summed E-state index contributed by atoms with van der Waals surface area (Å²) in [5.74, 6) is 6.64. The fraction of sp³-hybridized carbons (Fsp3) is 0.812. The van der Waals surface area contributed by atoms with Crippen molar-refractivity contribution in [2.75, 3.05) is 0 Å². The van der Waals surface area contributed by atoms with Gasteiger partial charge in [-0.15, -0.1) is 0 Å². The molecular weight excluding hydrogens is 248 g/mol. The van der Waals surface area contributed by atoms with Gasteiger partial charge in [0.1, 0.15) is 0 Å². The summed E-state index contributed by atoms with van der Waals surface area (Å²) in [5, 5.41) is 4.53. The molecule has 0 aromatic carbocycles. The summed E-state index contributed by atoms with van der Waals surface area (Å²) in [4.78, 5) is 0. The van der Waals surface area contributed by atoms with Crippen LogP contribution in [0.1, 0.15) is 63.3 Å². The second kappa shape index (κ2) is 7.79. The highest BCUT2D eigenvalue weighted by Crippen LogP contribution is 2.27. The van der Waals surface area contributed by atoms with Crippen LogP contribution in [-0.4, -0.2) is 15.8 Å². The number of aryl methyl sites for hydroxylation is 2. The average molecular weight is 278 g/mol. The van der Waals surface area contributed by atoms with Gasteiger partial charge in [0.25, 0.3) is 0 Å². The summed E-state index contributed by atoms with van der Waals surface area (Å²) in [6, 6.07) is 2.57. The van der Waals surface area contributed by atoms with Gasteiger partial charge in [-0.25, -0.2) is 0 Å². The number of hydrazine groups is 1. The Kier molecular flexibility index (Phi) is 6.05. The van der Waals surface area contributed by atoms with Crippen molar-refractivity contribution in [1.82, 2.24) is 15.2 Å². The third-order valence-electron chi connectivity index (χ3n) is 4.57.